The number of nitrogens with one attached hydrogen (secondary N) is 1. The van der Waals surface area contributed by atoms with Gasteiger partial charge >= 0.3 is 12.2 Å². The van der Waals surface area contributed by atoms with Crippen LogP contribution < -0.4 is 11.1 Å². The van der Waals surface area contributed by atoms with E-state index >= 15 is 0 Å². The van der Waals surface area contributed by atoms with Crippen molar-refractivity contribution in [3.8, 4) is 0 Å². The van der Waals surface area contributed by atoms with Crippen molar-refractivity contribution in [2.45, 2.75) is 31.9 Å². The van der Waals surface area contributed by atoms with Gasteiger partial charge in [0.2, 0.25) is 0 Å². The normalized spacial score (nSPS) is 27.4. The van der Waals surface area contributed by atoms with Crippen LogP contribution in [0.1, 0.15) is 25.7 Å². The maximum Gasteiger partial charge on any atom is 0.391 e. The van der Waals surface area contributed by atoms with Crippen molar-refractivity contribution >= 4 is 6.03 Å². The fourth-order valence-electron chi connectivity index (χ4n) is 1.94. The highest BCUT2D eigenvalue weighted by Gasteiger charge is 2.41. The molecule has 2 amide bonds. The van der Waals surface area contributed by atoms with Crippen LogP contribution in [0.5, 0.6) is 0 Å². The second-order valence-corrected chi connectivity index (χ2v) is 4.00. The molecule has 3 N–H and O–H groups in total. The standard InChI is InChI=1S/C9H15F3N2O/c10-9(11,12)7-3-1-6(2-4-7)5-14-8(13)15/h6-7H,1-5H2,(H3,13,14,15). The summed E-state index contributed by atoms with van der Waals surface area (Å²) in [6.45, 7) is 0.389. The molecule has 0 aromatic carbocycles. The Morgan fingerprint density at radius 3 is 2.20 bits per heavy atom. The molecule has 1 saturated carbocycles. The van der Waals surface area contributed by atoms with Crippen LogP contribution >= 0.6 is 0 Å². The molecule has 6 heteroatoms. The van der Waals surface area contributed by atoms with Crippen LogP contribution in [0.15, 0.2) is 0 Å². The van der Waals surface area contributed by atoms with Crippen molar-refractivity contribution in [3.05, 3.63) is 0 Å². The minimum absolute atomic E-state index is 0.135. The molecule has 0 aromatic heterocycles. The number of carbonyl (C=O) groups is 1. The lowest BCUT2D eigenvalue weighted by Crippen LogP contribution is -2.36. The number of hydrogen-bond acceptors (Lipinski definition) is 1. The molecule has 88 valence electrons. The van der Waals surface area contributed by atoms with Crippen molar-refractivity contribution in [1.29, 1.82) is 0 Å². The number of carbonyl (C=O) groups excluding carboxylic acids is 1. The Bertz CT molecular complexity index is 222. The van der Waals surface area contributed by atoms with Crippen LogP contribution in [0, 0.1) is 11.8 Å². The van der Waals surface area contributed by atoms with Crippen LogP contribution in [0.3, 0.4) is 0 Å². The van der Waals surface area contributed by atoms with Gasteiger partial charge in [-0.3, -0.25) is 0 Å². The Morgan fingerprint density at radius 2 is 1.80 bits per heavy atom. The summed E-state index contributed by atoms with van der Waals surface area (Å²) in [6.07, 6.45) is -2.74. The monoisotopic (exact) mass is 224 g/mol. The lowest BCUT2D eigenvalue weighted by atomic mass is 9.81. The van der Waals surface area contributed by atoms with E-state index in [1.54, 1.807) is 0 Å². The zero-order chi connectivity index (χ0) is 11.5. The number of primary amides is 1. The van der Waals surface area contributed by atoms with E-state index in [9.17, 15) is 18.0 Å². The number of rotatable bonds is 2. The molecule has 0 spiro atoms. The molecule has 0 radical (unpaired) electrons. The molecule has 0 aliphatic heterocycles. The van der Waals surface area contributed by atoms with Gasteiger partial charge < -0.3 is 11.1 Å². The van der Waals surface area contributed by atoms with Gasteiger partial charge in [0.25, 0.3) is 0 Å². The highest BCUT2D eigenvalue weighted by molar-refractivity contribution is 5.71. The number of alkyl halides is 3. The summed E-state index contributed by atoms with van der Waals surface area (Å²) in [4.78, 5) is 10.4. The van der Waals surface area contributed by atoms with Crippen LogP contribution in [-0.4, -0.2) is 18.8 Å². The van der Waals surface area contributed by atoms with Crippen molar-refractivity contribution in [2.24, 2.45) is 17.6 Å². The van der Waals surface area contributed by atoms with Gasteiger partial charge in [0, 0.05) is 6.54 Å². The van der Waals surface area contributed by atoms with E-state index < -0.39 is 18.1 Å². The second-order valence-electron chi connectivity index (χ2n) is 4.00. The molecule has 0 saturated heterocycles. The first-order chi connectivity index (χ1) is 6.89. The Kier molecular flexibility index (Phi) is 3.82. The quantitative estimate of drug-likeness (QED) is 0.740. The minimum atomic E-state index is -4.07. The number of amides is 2. The molecular formula is C9H15F3N2O. The van der Waals surface area contributed by atoms with Gasteiger partial charge in [-0.25, -0.2) is 4.79 Å². The molecule has 0 atom stereocenters. The zero-order valence-corrected chi connectivity index (χ0v) is 8.31. The predicted molar refractivity (Wildman–Crippen MR) is 49.1 cm³/mol. The summed E-state index contributed by atoms with van der Waals surface area (Å²) in [7, 11) is 0. The van der Waals surface area contributed by atoms with Crippen molar-refractivity contribution in [2.75, 3.05) is 6.54 Å². The molecule has 1 rings (SSSR count). The maximum atomic E-state index is 12.3. The summed E-state index contributed by atoms with van der Waals surface area (Å²) in [5.41, 5.74) is 4.88. The van der Waals surface area contributed by atoms with Gasteiger partial charge in [0.05, 0.1) is 5.92 Å². The lowest BCUT2D eigenvalue weighted by molar-refractivity contribution is -0.183. The summed E-state index contributed by atoms with van der Waals surface area (Å²) in [5.74, 6) is -1.03. The third-order valence-corrected chi connectivity index (χ3v) is 2.87. The van der Waals surface area contributed by atoms with Gasteiger partial charge in [-0.15, -0.1) is 0 Å². The van der Waals surface area contributed by atoms with Crippen LogP contribution in [0.2, 0.25) is 0 Å². The van der Waals surface area contributed by atoms with E-state index in [4.69, 9.17) is 5.73 Å². The molecule has 1 aliphatic carbocycles. The molecule has 0 bridgehead atoms. The average Bonchev–Trinajstić information content (AvgIpc) is 2.14. The first-order valence-corrected chi connectivity index (χ1v) is 4.99. The largest absolute Gasteiger partial charge is 0.391 e. The Balaban J connectivity index is 2.27. The van der Waals surface area contributed by atoms with Gasteiger partial charge in [-0.2, -0.15) is 13.2 Å². The molecule has 15 heavy (non-hydrogen) atoms. The lowest BCUT2D eigenvalue weighted by Gasteiger charge is -2.29. The molecule has 0 heterocycles. The Hall–Kier alpha value is -0.940. The van der Waals surface area contributed by atoms with Gasteiger partial charge in [-0.05, 0) is 31.6 Å². The number of urea groups is 1. The van der Waals surface area contributed by atoms with E-state index in [1.165, 1.54) is 0 Å². The van der Waals surface area contributed by atoms with Crippen molar-refractivity contribution in [1.82, 2.24) is 5.32 Å². The van der Waals surface area contributed by atoms with E-state index in [2.05, 4.69) is 5.32 Å². The highest BCUT2D eigenvalue weighted by Crippen LogP contribution is 2.39. The molecule has 0 unspecified atom stereocenters. The highest BCUT2D eigenvalue weighted by atomic mass is 19.4. The van der Waals surface area contributed by atoms with Crippen LogP contribution in [0.4, 0.5) is 18.0 Å². The van der Waals surface area contributed by atoms with Gasteiger partial charge in [-0.1, -0.05) is 0 Å². The van der Waals surface area contributed by atoms with Crippen molar-refractivity contribution in [3.63, 3.8) is 0 Å². The Morgan fingerprint density at radius 1 is 1.27 bits per heavy atom. The number of halogens is 3. The van der Waals surface area contributed by atoms with Gasteiger partial charge in [0.15, 0.2) is 0 Å². The maximum absolute atomic E-state index is 12.3. The fourth-order valence-corrected chi connectivity index (χ4v) is 1.94. The van der Waals surface area contributed by atoms with E-state index in [1.807, 2.05) is 0 Å². The first-order valence-electron chi connectivity index (χ1n) is 4.99. The molecule has 1 fully saturated rings. The SMILES string of the molecule is NC(=O)NCC1CCC(C(F)(F)F)CC1. The fraction of sp³-hybridized carbons (Fsp3) is 0.889. The first kappa shape index (κ1) is 12.1. The summed E-state index contributed by atoms with van der Waals surface area (Å²) in [6, 6.07) is -0.618. The van der Waals surface area contributed by atoms with E-state index in [-0.39, 0.29) is 18.8 Å². The summed E-state index contributed by atoms with van der Waals surface area (Å²) >= 11 is 0. The molecule has 0 aromatic rings. The molecule has 1 aliphatic rings. The minimum Gasteiger partial charge on any atom is -0.352 e. The third kappa shape index (κ3) is 3.97. The topological polar surface area (TPSA) is 55.1 Å². The third-order valence-electron chi connectivity index (χ3n) is 2.87. The second kappa shape index (κ2) is 4.72. The van der Waals surface area contributed by atoms with Crippen molar-refractivity contribution < 1.29 is 18.0 Å². The van der Waals surface area contributed by atoms with Crippen LogP contribution in [0.25, 0.3) is 0 Å². The Labute approximate surface area is 86.2 Å². The average molecular weight is 224 g/mol. The molecule has 3 nitrogen and oxygen atoms in total. The smallest absolute Gasteiger partial charge is 0.352 e. The van der Waals surface area contributed by atoms with E-state index in [0.29, 0.717) is 19.4 Å². The number of nitrogens with two attached hydrogens (primary N) is 1. The van der Waals surface area contributed by atoms with Crippen LogP contribution in [-0.2, 0) is 0 Å². The summed E-state index contributed by atoms with van der Waals surface area (Å²) in [5, 5.41) is 2.43. The summed E-state index contributed by atoms with van der Waals surface area (Å²) < 4.78 is 36.9. The number of hydrogen-bond donors (Lipinski definition) is 2. The predicted octanol–water partition coefficient (Wildman–Crippen LogP) is 2.02. The van der Waals surface area contributed by atoms with Gasteiger partial charge in [0.1, 0.15) is 0 Å². The van der Waals surface area contributed by atoms with E-state index in [0.717, 1.165) is 0 Å². The molecular weight excluding hydrogens is 209 g/mol. The zero-order valence-electron chi connectivity index (χ0n) is 8.31.